The van der Waals surface area contributed by atoms with Crippen LogP contribution in [0.2, 0.25) is 0 Å². The molecule has 7 heteroatoms. The lowest BCUT2D eigenvalue weighted by atomic mass is 10.0. The van der Waals surface area contributed by atoms with Gasteiger partial charge in [0.2, 0.25) is 0 Å². The summed E-state index contributed by atoms with van der Waals surface area (Å²) in [7, 11) is 0. The standard InChI is InChI=1S/C19H23N5OS/c1-12(2)24-18-15(11-21-24)14(10-16(23-18)17-4-3-9-26-17)19(25)22-13-5-7-20-8-6-13/h3-4,9-13,20H,5-8H2,1-2H3,(H,22,25). The van der Waals surface area contributed by atoms with Crippen LogP contribution in [0.25, 0.3) is 21.6 Å². The number of pyridine rings is 1. The number of hydrogen-bond donors (Lipinski definition) is 2. The lowest BCUT2D eigenvalue weighted by Crippen LogP contribution is -2.42. The van der Waals surface area contributed by atoms with Gasteiger partial charge >= 0.3 is 0 Å². The van der Waals surface area contributed by atoms with E-state index in [-0.39, 0.29) is 18.0 Å². The molecule has 2 N–H and O–H groups in total. The molecule has 4 heterocycles. The van der Waals surface area contributed by atoms with E-state index in [0.29, 0.717) is 5.56 Å². The lowest BCUT2D eigenvalue weighted by molar-refractivity contribution is 0.0931. The maximum absolute atomic E-state index is 13.0. The fourth-order valence-electron chi connectivity index (χ4n) is 3.36. The molecule has 0 bridgehead atoms. The number of rotatable bonds is 4. The van der Waals surface area contributed by atoms with Gasteiger partial charge in [0.1, 0.15) is 0 Å². The minimum atomic E-state index is -0.0367. The fourth-order valence-corrected chi connectivity index (χ4v) is 4.05. The summed E-state index contributed by atoms with van der Waals surface area (Å²) in [5.74, 6) is -0.0367. The maximum Gasteiger partial charge on any atom is 0.252 e. The van der Waals surface area contributed by atoms with Crippen molar-refractivity contribution >= 4 is 28.3 Å². The van der Waals surface area contributed by atoms with E-state index < -0.39 is 0 Å². The number of fused-ring (bicyclic) bond motifs is 1. The van der Waals surface area contributed by atoms with E-state index >= 15 is 0 Å². The highest BCUT2D eigenvalue weighted by Gasteiger charge is 2.21. The summed E-state index contributed by atoms with van der Waals surface area (Å²) in [6.45, 7) is 6.03. The van der Waals surface area contributed by atoms with Crippen molar-refractivity contribution in [1.29, 1.82) is 0 Å². The van der Waals surface area contributed by atoms with E-state index in [1.807, 2.05) is 28.3 Å². The highest BCUT2D eigenvalue weighted by atomic mass is 32.1. The van der Waals surface area contributed by atoms with Crippen LogP contribution in [0, 0.1) is 0 Å². The third-order valence-corrected chi connectivity index (χ3v) is 5.64. The van der Waals surface area contributed by atoms with Gasteiger partial charge in [0, 0.05) is 12.1 Å². The molecule has 1 amide bonds. The molecule has 3 aromatic heterocycles. The summed E-state index contributed by atoms with van der Waals surface area (Å²) in [5, 5.41) is 13.8. The van der Waals surface area contributed by atoms with Crippen LogP contribution >= 0.6 is 11.3 Å². The van der Waals surface area contributed by atoms with Crippen molar-refractivity contribution in [2.45, 2.75) is 38.8 Å². The van der Waals surface area contributed by atoms with Crippen LogP contribution in [-0.4, -0.2) is 39.8 Å². The minimum Gasteiger partial charge on any atom is -0.349 e. The monoisotopic (exact) mass is 369 g/mol. The third-order valence-electron chi connectivity index (χ3n) is 4.75. The Kier molecular flexibility index (Phi) is 4.74. The number of thiophene rings is 1. The highest BCUT2D eigenvalue weighted by molar-refractivity contribution is 7.13. The van der Waals surface area contributed by atoms with Crippen LogP contribution in [0.1, 0.15) is 43.1 Å². The first-order valence-corrected chi connectivity index (χ1v) is 9.95. The van der Waals surface area contributed by atoms with Crippen molar-refractivity contribution in [2.24, 2.45) is 0 Å². The number of nitrogens with one attached hydrogen (secondary N) is 2. The van der Waals surface area contributed by atoms with Gasteiger partial charge in [-0.1, -0.05) is 6.07 Å². The van der Waals surface area contributed by atoms with E-state index in [2.05, 4.69) is 29.6 Å². The number of carbonyl (C=O) groups excluding carboxylic acids is 1. The lowest BCUT2D eigenvalue weighted by Gasteiger charge is -2.23. The number of hydrogen-bond acceptors (Lipinski definition) is 5. The first-order chi connectivity index (χ1) is 12.6. The molecule has 26 heavy (non-hydrogen) atoms. The zero-order chi connectivity index (χ0) is 18.1. The van der Waals surface area contributed by atoms with Gasteiger partial charge in [0.15, 0.2) is 5.65 Å². The van der Waals surface area contributed by atoms with Gasteiger partial charge in [-0.3, -0.25) is 4.79 Å². The summed E-state index contributed by atoms with van der Waals surface area (Å²) < 4.78 is 1.88. The van der Waals surface area contributed by atoms with Crippen molar-refractivity contribution in [3.8, 4) is 10.6 Å². The molecule has 0 atom stereocenters. The predicted molar refractivity (Wildman–Crippen MR) is 105 cm³/mol. The van der Waals surface area contributed by atoms with Crippen molar-refractivity contribution in [2.75, 3.05) is 13.1 Å². The topological polar surface area (TPSA) is 71.8 Å². The van der Waals surface area contributed by atoms with Crippen molar-refractivity contribution in [3.63, 3.8) is 0 Å². The summed E-state index contributed by atoms with van der Waals surface area (Å²) >= 11 is 1.63. The Hall–Kier alpha value is -2.25. The van der Waals surface area contributed by atoms with Gasteiger partial charge in [-0.15, -0.1) is 11.3 Å². The molecular weight excluding hydrogens is 346 g/mol. The molecule has 3 aromatic rings. The van der Waals surface area contributed by atoms with Gasteiger partial charge in [-0.2, -0.15) is 5.10 Å². The Balaban J connectivity index is 1.77. The van der Waals surface area contributed by atoms with Gasteiger partial charge < -0.3 is 10.6 Å². The quantitative estimate of drug-likeness (QED) is 0.741. The largest absolute Gasteiger partial charge is 0.349 e. The number of aromatic nitrogens is 3. The molecule has 1 aliphatic heterocycles. The second kappa shape index (κ2) is 7.17. The van der Waals surface area contributed by atoms with Gasteiger partial charge in [-0.05, 0) is 57.3 Å². The molecular formula is C19H23N5OS. The number of nitrogens with zero attached hydrogens (tertiary/aromatic N) is 3. The van der Waals surface area contributed by atoms with Crippen molar-refractivity contribution in [1.82, 2.24) is 25.4 Å². The van der Waals surface area contributed by atoms with E-state index in [1.165, 1.54) is 0 Å². The Labute approximate surface area is 156 Å². The molecule has 6 nitrogen and oxygen atoms in total. The van der Waals surface area contributed by atoms with E-state index in [1.54, 1.807) is 17.5 Å². The average molecular weight is 369 g/mol. The Bertz CT molecular complexity index is 910. The molecule has 0 spiro atoms. The predicted octanol–water partition coefficient (Wildman–Crippen LogP) is 3.22. The summed E-state index contributed by atoms with van der Waals surface area (Å²) in [5.41, 5.74) is 2.25. The zero-order valence-corrected chi connectivity index (χ0v) is 15.8. The molecule has 0 unspecified atom stereocenters. The van der Waals surface area contributed by atoms with Crippen molar-refractivity contribution in [3.05, 3.63) is 35.3 Å². The van der Waals surface area contributed by atoms with Crippen molar-refractivity contribution < 1.29 is 4.79 Å². The molecule has 0 radical (unpaired) electrons. The van der Waals surface area contributed by atoms with E-state index in [9.17, 15) is 4.79 Å². The molecule has 0 aliphatic carbocycles. The van der Waals surface area contributed by atoms with Gasteiger partial charge in [-0.25, -0.2) is 9.67 Å². The minimum absolute atomic E-state index is 0.0367. The Morgan fingerprint density at radius 3 is 2.88 bits per heavy atom. The second-order valence-electron chi connectivity index (χ2n) is 6.95. The molecule has 1 fully saturated rings. The summed E-state index contributed by atoms with van der Waals surface area (Å²) in [6, 6.07) is 6.33. The Morgan fingerprint density at radius 1 is 1.38 bits per heavy atom. The second-order valence-corrected chi connectivity index (χ2v) is 7.90. The summed E-state index contributed by atoms with van der Waals surface area (Å²) in [4.78, 5) is 18.9. The molecule has 1 aliphatic rings. The van der Waals surface area contributed by atoms with Crippen LogP contribution in [0.15, 0.2) is 29.8 Å². The number of carbonyl (C=O) groups is 1. The van der Waals surface area contributed by atoms with Gasteiger partial charge in [0.25, 0.3) is 5.91 Å². The molecule has 0 aromatic carbocycles. The SMILES string of the molecule is CC(C)n1ncc2c(C(=O)NC3CCNCC3)cc(-c3cccs3)nc21. The molecule has 136 valence electrons. The smallest absolute Gasteiger partial charge is 0.252 e. The van der Waals surface area contributed by atoms with E-state index in [4.69, 9.17) is 4.98 Å². The Morgan fingerprint density at radius 2 is 2.19 bits per heavy atom. The molecule has 4 rings (SSSR count). The molecule has 1 saturated heterocycles. The van der Waals surface area contributed by atoms with Crippen LogP contribution in [0.3, 0.4) is 0 Å². The van der Waals surface area contributed by atoms with Gasteiger partial charge in [0.05, 0.1) is 27.7 Å². The fraction of sp³-hybridized carbons (Fsp3) is 0.421. The van der Waals surface area contributed by atoms with Crippen LogP contribution in [0.4, 0.5) is 0 Å². The van der Waals surface area contributed by atoms with E-state index in [0.717, 1.165) is 47.5 Å². The maximum atomic E-state index is 13.0. The van der Waals surface area contributed by atoms with Crippen LogP contribution in [-0.2, 0) is 0 Å². The first kappa shape index (κ1) is 17.2. The van der Waals surface area contributed by atoms with Crippen LogP contribution < -0.4 is 10.6 Å². The highest BCUT2D eigenvalue weighted by Crippen LogP contribution is 2.29. The average Bonchev–Trinajstić information content (AvgIpc) is 3.31. The number of piperidine rings is 1. The zero-order valence-electron chi connectivity index (χ0n) is 15.0. The number of amides is 1. The third kappa shape index (κ3) is 3.24. The summed E-state index contributed by atoms with van der Waals surface area (Å²) in [6.07, 6.45) is 3.68. The first-order valence-electron chi connectivity index (χ1n) is 9.07. The van der Waals surface area contributed by atoms with Crippen LogP contribution in [0.5, 0.6) is 0 Å². The normalized spacial score (nSPS) is 15.7. The molecule has 0 saturated carbocycles.